The molecule has 0 saturated carbocycles. The second-order valence-corrected chi connectivity index (χ2v) is 6.79. The zero-order valence-electron chi connectivity index (χ0n) is 12.3. The van der Waals surface area contributed by atoms with Crippen molar-refractivity contribution in [1.82, 2.24) is 9.29 Å². The van der Waals surface area contributed by atoms with Crippen molar-refractivity contribution in [3.8, 4) is 0 Å². The smallest absolute Gasteiger partial charge is 0.254 e. The second-order valence-electron chi connectivity index (χ2n) is 5.02. The SMILES string of the molecule is Cc1ccc(S(=O)(=O)NCc2cccn(C)c2=O)cc1C. The molecule has 1 N–H and O–H groups in total. The maximum absolute atomic E-state index is 12.2. The number of rotatable bonds is 4. The van der Waals surface area contributed by atoms with Crippen LogP contribution in [0.1, 0.15) is 16.7 Å². The summed E-state index contributed by atoms with van der Waals surface area (Å²) in [6.07, 6.45) is 1.63. The topological polar surface area (TPSA) is 68.2 Å². The Balaban J connectivity index is 2.24. The highest BCUT2D eigenvalue weighted by molar-refractivity contribution is 7.89. The van der Waals surface area contributed by atoms with E-state index in [1.165, 1.54) is 4.57 Å². The molecule has 5 nitrogen and oxygen atoms in total. The van der Waals surface area contributed by atoms with Crippen LogP contribution >= 0.6 is 0 Å². The molecule has 21 heavy (non-hydrogen) atoms. The van der Waals surface area contributed by atoms with E-state index >= 15 is 0 Å². The number of benzene rings is 1. The first-order valence-corrected chi connectivity index (χ1v) is 8.01. The molecule has 0 radical (unpaired) electrons. The standard InChI is InChI=1S/C15H18N2O3S/c1-11-6-7-14(9-12(11)2)21(19,20)16-10-13-5-4-8-17(3)15(13)18/h4-9,16H,10H2,1-3H3. The summed E-state index contributed by atoms with van der Waals surface area (Å²) >= 11 is 0. The molecule has 0 amide bonds. The van der Waals surface area contributed by atoms with Crippen molar-refractivity contribution >= 4 is 10.0 Å². The summed E-state index contributed by atoms with van der Waals surface area (Å²) in [6, 6.07) is 8.28. The summed E-state index contributed by atoms with van der Waals surface area (Å²) in [5, 5.41) is 0. The van der Waals surface area contributed by atoms with Crippen LogP contribution in [0.15, 0.2) is 46.2 Å². The summed E-state index contributed by atoms with van der Waals surface area (Å²) in [7, 11) is -2.00. The van der Waals surface area contributed by atoms with Crippen LogP contribution in [0.4, 0.5) is 0 Å². The van der Waals surface area contributed by atoms with Gasteiger partial charge in [-0.15, -0.1) is 0 Å². The Morgan fingerprint density at radius 3 is 2.52 bits per heavy atom. The van der Waals surface area contributed by atoms with Gasteiger partial charge in [0.1, 0.15) is 0 Å². The average molecular weight is 306 g/mol. The minimum absolute atomic E-state index is 0.0250. The maximum atomic E-state index is 12.2. The molecule has 0 bridgehead atoms. The predicted octanol–water partition coefficient (Wildman–Crippen LogP) is 1.48. The maximum Gasteiger partial charge on any atom is 0.254 e. The highest BCUT2D eigenvalue weighted by atomic mass is 32.2. The van der Waals surface area contributed by atoms with Gasteiger partial charge in [-0.05, 0) is 43.2 Å². The van der Waals surface area contributed by atoms with E-state index in [0.717, 1.165) is 11.1 Å². The van der Waals surface area contributed by atoms with Crippen LogP contribution in [0.25, 0.3) is 0 Å². The molecule has 0 aliphatic rings. The largest absolute Gasteiger partial charge is 0.318 e. The highest BCUT2D eigenvalue weighted by Crippen LogP contribution is 2.14. The van der Waals surface area contributed by atoms with Crippen LogP contribution in [0, 0.1) is 13.8 Å². The van der Waals surface area contributed by atoms with Crippen molar-refractivity contribution in [2.24, 2.45) is 7.05 Å². The molecule has 1 aromatic carbocycles. The van der Waals surface area contributed by atoms with E-state index in [0.29, 0.717) is 5.56 Å². The van der Waals surface area contributed by atoms with E-state index in [-0.39, 0.29) is 17.0 Å². The Labute approximate surface area is 124 Å². The predicted molar refractivity (Wildman–Crippen MR) is 81.6 cm³/mol. The summed E-state index contributed by atoms with van der Waals surface area (Å²) in [5.41, 5.74) is 2.15. The zero-order chi connectivity index (χ0) is 15.6. The number of nitrogens with one attached hydrogen (secondary N) is 1. The Kier molecular flexibility index (Phi) is 4.29. The van der Waals surface area contributed by atoms with Crippen molar-refractivity contribution in [3.05, 3.63) is 63.6 Å². The molecule has 112 valence electrons. The van der Waals surface area contributed by atoms with Crippen LogP contribution < -0.4 is 10.3 Å². The lowest BCUT2D eigenvalue weighted by Gasteiger charge is -2.09. The van der Waals surface area contributed by atoms with Crippen molar-refractivity contribution in [3.63, 3.8) is 0 Å². The van der Waals surface area contributed by atoms with Gasteiger partial charge in [-0.2, -0.15) is 0 Å². The third kappa shape index (κ3) is 3.40. The lowest BCUT2D eigenvalue weighted by molar-refractivity contribution is 0.580. The third-order valence-corrected chi connectivity index (χ3v) is 4.84. The van der Waals surface area contributed by atoms with Gasteiger partial charge >= 0.3 is 0 Å². The van der Waals surface area contributed by atoms with Gasteiger partial charge in [-0.1, -0.05) is 12.1 Å². The van der Waals surface area contributed by atoms with Gasteiger partial charge in [-0.25, -0.2) is 13.1 Å². The van der Waals surface area contributed by atoms with Gasteiger partial charge in [0.15, 0.2) is 0 Å². The fourth-order valence-electron chi connectivity index (χ4n) is 1.93. The zero-order valence-corrected chi connectivity index (χ0v) is 13.1. The molecule has 0 aliphatic carbocycles. The minimum atomic E-state index is -3.63. The Bertz CT molecular complexity index is 823. The highest BCUT2D eigenvalue weighted by Gasteiger charge is 2.15. The molecule has 2 aromatic rings. The van der Waals surface area contributed by atoms with Crippen LogP contribution in [-0.4, -0.2) is 13.0 Å². The van der Waals surface area contributed by atoms with E-state index in [1.807, 2.05) is 13.8 Å². The number of sulfonamides is 1. The molecular formula is C15H18N2O3S. The normalized spacial score (nSPS) is 11.6. The lowest BCUT2D eigenvalue weighted by atomic mass is 10.1. The molecule has 0 fully saturated rings. The summed E-state index contributed by atoms with van der Waals surface area (Å²) in [4.78, 5) is 12.1. The first-order chi connectivity index (χ1) is 9.81. The summed E-state index contributed by atoms with van der Waals surface area (Å²) < 4.78 is 28.4. The van der Waals surface area contributed by atoms with Gasteiger partial charge in [0, 0.05) is 25.4 Å². The molecule has 1 heterocycles. The number of aryl methyl sites for hydroxylation is 3. The quantitative estimate of drug-likeness (QED) is 0.930. The number of hydrogen-bond donors (Lipinski definition) is 1. The Hall–Kier alpha value is -1.92. The molecule has 0 atom stereocenters. The van der Waals surface area contributed by atoms with Crippen molar-refractivity contribution < 1.29 is 8.42 Å². The van der Waals surface area contributed by atoms with Gasteiger partial charge < -0.3 is 4.57 Å². The molecule has 0 spiro atoms. The van der Waals surface area contributed by atoms with Crippen LogP contribution in [-0.2, 0) is 23.6 Å². The van der Waals surface area contributed by atoms with E-state index in [4.69, 9.17) is 0 Å². The van der Waals surface area contributed by atoms with Gasteiger partial charge in [0.2, 0.25) is 10.0 Å². The van der Waals surface area contributed by atoms with Crippen LogP contribution in [0.3, 0.4) is 0 Å². The fourth-order valence-corrected chi connectivity index (χ4v) is 3.02. The first kappa shape index (κ1) is 15.5. The van der Waals surface area contributed by atoms with Crippen molar-refractivity contribution in [2.75, 3.05) is 0 Å². The van der Waals surface area contributed by atoms with E-state index in [2.05, 4.69) is 4.72 Å². The van der Waals surface area contributed by atoms with Gasteiger partial charge in [-0.3, -0.25) is 4.79 Å². The van der Waals surface area contributed by atoms with Gasteiger partial charge in [0.25, 0.3) is 5.56 Å². The van der Waals surface area contributed by atoms with Crippen molar-refractivity contribution in [2.45, 2.75) is 25.3 Å². The van der Waals surface area contributed by atoms with E-state index in [1.54, 1.807) is 43.6 Å². The molecule has 0 unspecified atom stereocenters. The number of pyridine rings is 1. The van der Waals surface area contributed by atoms with Gasteiger partial charge in [0.05, 0.1) is 4.90 Å². The fraction of sp³-hybridized carbons (Fsp3) is 0.267. The second kappa shape index (κ2) is 5.83. The van der Waals surface area contributed by atoms with Crippen molar-refractivity contribution in [1.29, 1.82) is 0 Å². The number of nitrogens with zero attached hydrogens (tertiary/aromatic N) is 1. The third-order valence-electron chi connectivity index (χ3n) is 3.44. The molecule has 0 saturated heterocycles. The van der Waals surface area contributed by atoms with Crippen LogP contribution in [0.5, 0.6) is 0 Å². The molecule has 0 aliphatic heterocycles. The average Bonchev–Trinajstić information content (AvgIpc) is 2.43. The van der Waals surface area contributed by atoms with E-state index < -0.39 is 10.0 Å². The van der Waals surface area contributed by atoms with Crippen LogP contribution in [0.2, 0.25) is 0 Å². The number of aromatic nitrogens is 1. The monoisotopic (exact) mass is 306 g/mol. The summed E-state index contributed by atoms with van der Waals surface area (Å²) in [5.74, 6) is 0. The molecule has 6 heteroatoms. The Morgan fingerprint density at radius 1 is 1.14 bits per heavy atom. The first-order valence-electron chi connectivity index (χ1n) is 6.53. The minimum Gasteiger partial charge on any atom is -0.318 e. The molecule has 1 aromatic heterocycles. The number of hydrogen-bond acceptors (Lipinski definition) is 3. The van der Waals surface area contributed by atoms with E-state index in [9.17, 15) is 13.2 Å². The molecular weight excluding hydrogens is 288 g/mol. The Morgan fingerprint density at radius 2 is 1.86 bits per heavy atom. The molecule has 2 rings (SSSR count). The summed E-state index contributed by atoms with van der Waals surface area (Å²) in [6.45, 7) is 3.76. The lowest BCUT2D eigenvalue weighted by Crippen LogP contribution is -2.29.